The lowest BCUT2D eigenvalue weighted by Crippen LogP contribution is -2.12. The summed E-state index contributed by atoms with van der Waals surface area (Å²) in [4.78, 5) is 2.28. The van der Waals surface area contributed by atoms with E-state index in [1.165, 1.54) is 27.7 Å². The standard InChI is InChI=1S/C18H15BrN2/c1-12-17-9-15(19)5-3-14(17)11-21(12)16-6-4-13-7-8-20(2)18(13)10-16/h3-10H,1,11H2,2H3. The third kappa shape index (κ3) is 1.92. The number of rotatable bonds is 1. The summed E-state index contributed by atoms with van der Waals surface area (Å²) in [7, 11) is 2.08. The van der Waals surface area contributed by atoms with Gasteiger partial charge in [-0.15, -0.1) is 0 Å². The Morgan fingerprint density at radius 1 is 1.10 bits per heavy atom. The van der Waals surface area contributed by atoms with Crippen molar-refractivity contribution >= 4 is 38.2 Å². The Bertz CT molecular complexity index is 876. The summed E-state index contributed by atoms with van der Waals surface area (Å²) in [6.45, 7) is 5.17. The van der Waals surface area contributed by atoms with Crippen LogP contribution in [0.1, 0.15) is 11.1 Å². The molecule has 0 spiro atoms. The predicted molar refractivity (Wildman–Crippen MR) is 92.3 cm³/mol. The molecule has 4 rings (SSSR count). The van der Waals surface area contributed by atoms with Crippen molar-refractivity contribution in [1.29, 1.82) is 0 Å². The third-order valence-electron chi connectivity index (χ3n) is 4.22. The van der Waals surface area contributed by atoms with Crippen LogP contribution in [0.3, 0.4) is 0 Å². The number of hydrogen-bond donors (Lipinski definition) is 0. The SMILES string of the molecule is C=C1c2cc(Br)ccc2CN1c1ccc2ccn(C)c2c1. The minimum atomic E-state index is 0.886. The highest BCUT2D eigenvalue weighted by Gasteiger charge is 2.23. The lowest BCUT2D eigenvalue weighted by Gasteiger charge is -2.20. The van der Waals surface area contributed by atoms with Crippen LogP contribution in [0.5, 0.6) is 0 Å². The van der Waals surface area contributed by atoms with Gasteiger partial charge in [-0.05, 0) is 41.3 Å². The van der Waals surface area contributed by atoms with E-state index < -0.39 is 0 Å². The maximum Gasteiger partial charge on any atom is 0.0498 e. The molecule has 0 N–H and O–H groups in total. The maximum absolute atomic E-state index is 4.28. The topological polar surface area (TPSA) is 8.17 Å². The molecule has 0 atom stereocenters. The Labute approximate surface area is 132 Å². The van der Waals surface area contributed by atoms with Crippen LogP contribution in [0, 0.1) is 0 Å². The van der Waals surface area contributed by atoms with Crippen molar-refractivity contribution in [3.05, 3.63) is 70.8 Å². The quantitative estimate of drug-likeness (QED) is 0.610. The molecule has 1 aliphatic rings. The molecule has 104 valence electrons. The number of halogens is 1. The van der Waals surface area contributed by atoms with Gasteiger partial charge in [-0.2, -0.15) is 0 Å². The van der Waals surface area contributed by atoms with Crippen molar-refractivity contribution in [3.8, 4) is 0 Å². The number of benzene rings is 2. The van der Waals surface area contributed by atoms with Crippen molar-refractivity contribution < 1.29 is 0 Å². The molecule has 3 aromatic rings. The summed E-state index contributed by atoms with van der Waals surface area (Å²) in [5.41, 5.74) is 6.07. The van der Waals surface area contributed by atoms with E-state index in [1.807, 2.05) is 0 Å². The fourth-order valence-corrected chi connectivity index (χ4v) is 3.39. The fraction of sp³-hybridized carbons (Fsp3) is 0.111. The average Bonchev–Trinajstić information content (AvgIpc) is 3.01. The van der Waals surface area contributed by atoms with Crippen LogP contribution in [0.15, 0.2) is 59.7 Å². The highest BCUT2D eigenvalue weighted by atomic mass is 79.9. The maximum atomic E-state index is 4.28. The molecule has 0 amide bonds. The van der Waals surface area contributed by atoms with E-state index in [9.17, 15) is 0 Å². The Balaban J connectivity index is 1.80. The normalized spacial score (nSPS) is 14.0. The van der Waals surface area contributed by atoms with Gasteiger partial charge in [0.25, 0.3) is 0 Å². The van der Waals surface area contributed by atoms with Crippen LogP contribution >= 0.6 is 15.9 Å². The molecule has 1 aromatic heterocycles. The number of fused-ring (bicyclic) bond motifs is 2. The van der Waals surface area contributed by atoms with Gasteiger partial charge in [-0.25, -0.2) is 0 Å². The highest BCUT2D eigenvalue weighted by Crippen LogP contribution is 2.37. The van der Waals surface area contributed by atoms with Gasteiger partial charge < -0.3 is 9.47 Å². The van der Waals surface area contributed by atoms with Crippen molar-refractivity contribution in [2.45, 2.75) is 6.54 Å². The molecular formula is C18H15BrN2. The Morgan fingerprint density at radius 2 is 1.95 bits per heavy atom. The van der Waals surface area contributed by atoms with Crippen LogP contribution in [0.4, 0.5) is 5.69 Å². The number of hydrogen-bond acceptors (Lipinski definition) is 1. The van der Waals surface area contributed by atoms with E-state index in [1.54, 1.807) is 0 Å². The van der Waals surface area contributed by atoms with Crippen molar-refractivity contribution in [1.82, 2.24) is 4.57 Å². The first-order chi connectivity index (χ1) is 10.1. The molecule has 0 unspecified atom stereocenters. The zero-order valence-corrected chi connectivity index (χ0v) is 13.4. The summed E-state index contributed by atoms with van der Waals surface area (Å²) in [6.07, 6.45) is 2.10. The highest BCUT2D eigenvalue weighted by molar-refractivity contribution is 9.10. The number of aryl methyl sites for hydroxylation is 1. The van der Waals surface area contributed by atoms with Crippen LogP contribution in [0.2, 0.25) is 0 Å². The van der Waals surface area contributed by atoms with Crippen molar-refractivity contribution in [2.75, 3.05) is 4.90 Å². The molecule has 2 heterocycles. The molecular weight excluding hydrogens is 324 g/mol. The molecule has 1 aliphatic heterocycles. The number of aromatic nitrogens is 1. The first kappa shape index (κ1) is 12.7. The van der Waals surface area contributed by atoms with Gasteiger partial charge in [0.1, 0.15) is 0 Å². The minimum Gasteiger partial charge on any atom is -0.350 e. The first-order valence-corrected chi connectivity index (χ1v) is 7.73. The molecule has 0 bridgehead atoms. The molecule has 3 heteroatoms. The van der Waals surface area contributed by atoms with E-state index in [0.29, 0.717) is 0 Å². The molecule has 2 nitrogen and oxygen atoms in total. The number of nitrogens with zero attached hydrogens (tertiary/aromatic N) is 2. The molecule has 0 saturated carbocycles. The molecule has 0 radical (unpaired) electrons. The monoisotopic (exact) mass is 338 g/mol. The predicted octanol–water partition coefficient (Wildman–Crippen LogP) is 4.93. The lowest BCUT2D eigenvalue weighted by molar-refractivity contribution is 0.967. The Morgan fingerprint density at radius 3 is 2.81 bits per heavy atom. The zero-order chi connectivity index (χ0) is 14.6. The summed E-state index contributed by atoms with van der Waals surface area (Å²) in [5, 5.41) is 1.27. The smallest absolute Gasteiger partial charge is 0.0498 e. The van der Waals surface area contributed by atoms with Crippen LogP contribution in [-0.4, -0.2) is 4.57 Å². The zero-order valence-electron chi connectivity index (χ0n) is 11.8. The summed E-state index contributed by atoms with van der Waals surface area (Å²) >= 11 is 3.54. The van der Waals surface area contributed by atoms with E-state index in [0.717, 1.165) is 16.7 Å². The molecule has 2 aromatic carbocycles. The van der Waals surface area contributed by atoms with E-state index >= 15 is 0 Å². The van der Waals surface area contributed by atoms with Gasteiger partial charge in [0, 0.05) is 46.7 Å². The molecule has 0 saturated heterocycles. The van der Waals surface area contributed by atoms with Gasteiger partial charge in [0.15, 0.2) is 0 Å². The molecule has 0 aliphatic carbocycles. The third-order valence-corrected chi connectivity index (χ3v) is 4.71. The summed E-state index contributed by atoms with van der Waals surface area (Å²) in [5.74, 6) is 0. The second-order valence-electron chi connectivity index (χ2n) is 5.50. The first-order valence-electron chi connectivity index (χ1n) is 6.94. The summed E-state index contributed by atoms with van der Waals surface area (Å²) in [6, 6.07) is 15.1. The van der Waals surface area contributed by atoms with Crippen LogP contribution in [0.25, 0.3) is 16.6 Å². The second-order valence-corrected chi connectivity index (χ2v) is 6.42. The van der Waals surface area contributed by atoms with Gasteiger partial charge in [0.2, 0.25) is 0 Å². The van der Waals surface area contributed by atoms with E-state index in [4.69, 9.17) is 0 Å². The minimum absolute atomic E-state index is 0.886. The van der Waals surface area contributed by atoms with Crippen molar-refractivity contribution in [2.24, 2.45) is 7.05 Å². The van der Waals surface area contributed by atoms with Crippen LogP contribution < -0.4 is 4.90 Å². The Hall–Kier alpha value is -2.00. The molecule has 21 heavy (non-hydrogen) atoms. The van der Waals surface area contributed by atoms with Gasteiger partial charge in [-0.1, -0.05) is 34.6 Å². The fourth-order valence-electron chi connectivity index (χ4n) is 3.03. The van der Waals surface area contributed by atoms with Gasteiger partial charge in [-0.3, -0.25) is 0 Å². The van der Waals surface area contributed by atoms with Crippen LogP contribution in [-0.2, 0) is 13.6 Å². The summed E-state index contributed by atoms with van der Waals surface area (Å²) < 4.78 is 3.25. The largest absolute Gasteiger partial charge is 0.350 e. The number of anilines is 1. The van der Waals surface area contributed by atoms with E-state index in [-0.39, 0.29) is 0 Å². The Kier molecular flexibility index (Phi) is 2.73. The van der Waals surface area contributed by atoms with Gasteiger partial charge >= 0.3 is 0 Å². The van der Waals surface area contributed by atoms with Gasteiger partial charge in [0.05, 0.1) is 0 Å². The molecule has 0 fully saturated rings. The van der Waals surface area contributed by atoms with Crippen molar-refractivity contribution in [3.63, 3.8) is 0 Å². The average molecular weight is 339 g/mol. The van der Waals surface area contributed by atoms with E-state index in [2.05, 4.69) is 87.7 Å². The second kappa shape index (κ2) is 4.50. The lowest BCUT2D eigenvalue weighted by atomic mass is 10.1.